The fourth-order valence-electron chi connectivity index (χ4n) is 1.89. The molecule has 1 saturated heterocycles. The summed E-state index contributed by atoms with van der Waals surface area (Å²) in [6.07, 6.45) is 1.11. The van der Waals surface area contributed by atoms with Crippen molar-refractivity contribution < 1.29 is 18.0 Å². The lowest BCUT2D eigenvalue weighted by Crippen LogP contribution is -2.65. The van der Waals surface area contributed by atoms with Crippen molar-refractivity contribution in [3.05, 3.63) is 18.3 Å². The highest BCUT2D eigenvalue weighted by Crippen LogP contribution is 2.26. The van der Waals surface area contributed by atoms with Crippen molar-refractivity contribution in [2.45, 2.75) is 24.3 Å². The van der Waals surface area contributed by atoms with Crippen molar-refractivity contribution in [1.82, 2.24) is 14.6 Å². The van der Waals surface area contributed by atoms with E-state index in [0.29, 0.717) is 5.82 Å². The molecule has 1 aliphatic heterocycles. The smallest absolute Gasteiger partial charge is 0.247 e. The number of nitrogen functional groups attached to an aromatic ring is 1. The fraction of sp³-hybridized carbons (Fsp3) is 0.364. The zero-order valence-corrected chi connectivity index (χ0v) is 12.3. The summed E-state index contributed by atoms with van der Waals surface area (Å²) in [5.74, 6) is 4.11. The first-order valence-electron chi connectivity index (χ1n) is 5.99. The van der Waals surface area contributed by atoms with Crippen LogP contribution in [0.4, 0.5) is 5.82 Å². The lowest BCUT2D eigenvalue weighted by atomic mass is 10.0. The Labute approximate surface area is 121 Å². The Bertz CT molecular complexity index is 683. The minimum absolute atomic E-state index is 0.128. The standard InChI is InChI=1S/C11H15N5O4S/c1-11(2)10(18)14-9(17)6-16(11)21(19,20)7-3-4-8(15-12)13-5-7/h3-5H,6,12H2,1-2H3,(H,13,15)(H,14,17,18). The minimum atomic E-state index is -4.04. The van der Waals surface area contributed by atoms with Crippen LogP contribution >= 0.6 is 0 Å². The molecular weight excluding hydrogens is 298 g/mol. The van der Waals surface area contributed by atoms with Gasteiger partial charge in [0.1, 0.15) is 16.3 Å². The van der Waals surface area contributed by atoms with Crippen LogP contribution in [0.25, 0.3) is 0 Å². The number of nitrogens with two attached hydrogens (primary N) is 1. The van der Waals surface area contributed by atoms with Gasteiger partial charge in [-0.05, 0) is 26.0 Å². The number of hydrogen-bond acceptors (Lipinski definition) is 7. The summed E-state index contributed by atoms with van der Waals surface area (Å²) in [7, 11) is -4.04. The van der Waals surface area contributed by atoms with Gasteiger partial charge in [0.2, 0.25) is 21.8 Å². The first kappa shape index (κ1) is 15.4. The van der Waals surface area contributed by atoms with E-state index in [4.69, 9.17) is 5.84 Å². The van der Waals surface area contributed by atoms with Crippen LogP contribution in [0, 0.1) is 0 Å². The number of imide groups is 1. The number of rotatable bonds is 3. The molecule has 9 nitrogen and oxygen atoms in total. The molecule has 0 bridgehead atoms. The fourth-order valence-corrected chi connectivity index (χ4v) is 3.54. The quantitative estimate of drug-likeness (QED) is 0.362. The number of carbonyl (C=O) groups is 2. The number of nitrogens with one attached hydrogen (secondary N) is 2. The minimum Gasteiger partial charge on any atom is -0.308 e. The Morgan fingerprint density at radius 1 is 1.38 bits per heavy atom. The Morgan fingerprint density at radius 2 is 2.05 bits per heavy atom. The van der Waals surface area contributed by atoms with Crippen molar-refractivity contribution in [2.75, 3.05) is 12.0 Å². The molecule has 1 aromatic heterocycles. The maximum Gasteiger partial charge on any atom is 0.247 e. The number of piperazine rings is 1. The third-order valence-electron chi connectivity index (χ3n) is 3.19. The van der Waals surface area contributed by atoms with Gasteiger partial charge in [0.15, 0.2) is 0 Å². The number of aromatic nitrogens is 1. The molecule has 0 radical (unpaired) electrons. The van der Waals surface area contributed by atoms with E-state index in [9.17, 15) is 18.0 Å². The largest absolute Gasteiger partial charge is 0.308 e. The highest BCUT2D eigenvalue weighted by atomic mass is 32.2. The lowest BCUT2D eigenvalue weighted by Gasteiger charge is -2.38. The van der Waals surface area contributed by atoms with Crippen molar-refractivity contribution in [2.24, 2.45) is 5.84 Å². The van der Waals surface area contributed by atoms with Crippen molar-refractivity contribution in [3.8, 4) is 0 Å². The molecule has 1 fully saturated rings. The summed E-state index contributed by atoms with van der Waals surface area (Å²) in [5.41, 5.74) is 0.900. The molecule has 2 rings (SSSR count). The molecule has 2 heterocycles. The van der Waals surface area contributed by atoms with Gasteiger partial charge in [-0.25, -0.2) is 19.2 Å². The molecule has 4 N–H and O–H groups in total. The highest BCUT2D eigenvalue weighted by molar-refractivity contribution is 7.89. The van der Waals surface area contributed by atoms with Gasteiger partial charge >= 0.3 is 0 Å². The topological polar surface area (TPSA) is 134 Å². The number of hydrogen-bond donors (Lipinski definition) is 3. The van der Waals surface area contributed by atoms with Crippen LogP contribution in [0.3, 0.4) is 0 Å². The van der Waals surface area contributed by atoms with Crippen LogP contribution in [0.1, 0.15) is 13.8 Å². The molecule has 0 aliphatic carbocycles. The molecule has 0 atom stereocenters. The predicted octanol–water partition coefficient (Wildman–Crippen LogP) is -1.21. The number of carbonyl (C=O) groups excluding carboxylic acids is 2. The van der Waals surface area contributed by atoms with Crippen LogP contribution in [0.2, 0.25) is 0 Å². The number of hydrazine groups is 1. The van der Waals surface area contributed by atoms with Gasteiger partial charge in [0.25, 0.3) is 0 Å². The monoisotopic (exact) mass is 313 g/mol. The molecule has 1 aliphatic rings. The zero-order chi connectivity index (χ0) is 15.8. The van der Waals surface area contributed by atoms with Gasteiger partial charge in [-0.15, -0.1) is 0 Å². The van der Waals surface area contributed by atoms with E-state index < -0.39 is 33.9 Å². The molecule has 0 spiro atoms. The SMILES string of the molecule is CC1(C)C(=O)NC(=O)CN1S(=O)(=O)c1ccc(NN)nc1. The predicted molar refractivity (Wildman–Crippen MR) is 73.2 cm³/mol. The van der Waals surface area contributed by atoms with Crippen molar-refractivity contribution in [1.29, 1.82) is 0 Å². The number of nitrogens with zero attached hydrogens (tertiary/aromatic N) is 2. The van der Waals surface area contributed by atoms with Crippen LogP contribution in [-0.4, -0.2) is 41.6 Å². The van der Waals surface area contributed by atoms with E-state index >= 15 is 0 Å². The molecule has 21 heavy (non-hydrogen) atoms. The van der Waals surface area contributed by atoms with Gasteiger partial charge in [-0.1, -0.05) is 0 Å². The maximum absolute atomic E-state index is 12.6. The van der Waals surface area contributed by atoms with Crippen molar-refractivity contribution >= 4 is 27.7 Å². The van der Waals surface area contributed by atoms with E-state index in [1.165, 1.54) is 26.0 Å². The van der Waals surface area contributed by atoms with Crippen LogP contribution in [0.15, 0.2) is 23.2 Å². The van der Waals surface area contributed by atoms with Crippen molar-refractivity contribution in [3.63, 3.8) is 0 Å². The number of anilines is 1. The van der Waals surface area contributed by atoms with E-state index in [-0.39, 0.29) is 4.90 Å². The summed E-state index contributed by atoms with van der Waals surface area (Å²) in [6.45, 7) is 2.42. The van der Waals surface area contributed by atoms with E-state index in [0.717, 1.165) is 10.5 Å². The second-order valence-electron chi connectivity index (χ2n) is 4.97. The summed E-state index contributed by atoms with van der Waals surface area (Å²) in [6, 6.07) is 2.68. The van der Waals surface area contributed by atoms with E-state index in [1.54, 1.807) is 0 Å². The summed E-state index contributed by atoms with van der Waals surface area (Å²) in [4.78, 5) is 27.0. The molecular formula is C11H15N5O4S. The molecule has 10 heteroatoms. The van der Waals surface area contributed by atoms with Gasteiger partial charge < -0.3 is 5.43 Å². The molecule has 1 aromatic rings. The average Bonchev–Trinajstić information content (AvgIpc) is 2.43. The second-order valence-corrected chi connectivity index (χ2v) is 6.83. The molecule has 0 saturated carbocycles. The third kappa shape index (κ3) is 2.60. The Morgan fingerprint density at radius 3 is 2.57 bits per heavy atom. The molecule has 0 unspecified atom stereocenters. The van der Waals surface area contributed by atoms with Crippen LogP contribution in [0.5, 0.6) is 0 Å². The van der Waals surface area contributed by atoms with Gasteiger partial charge in [0.05, 0.1) is 6.54 Å². The maximum atomic E-state index is 12.6. The third-order valence-corrected chi connectivity index (χ3v) is 5.19. The van der Waals surface area contributed by atoms with Gasteiger partial charge in [-0.2, -0.15) is 4.31 Å². The summed E-state index contributed by atoms with van der Waals surface area (Å²) < 4.78 is 26.0. The molecule has 2 amide bonds. The normalized spacial score (nSPS) is 19.2. The van der Waals surface area contributed by atoms with E-state index in [1.807, 2.05) is 0 Å². The molecule has 0 aromatic carbocycles. The average molecular weight is 313 g/mol. The second kappa shape index (κ2) is 5.06. The Hall–Kier alpha value is -2.04. The van der Waals surface area contributed by atoms with Crippen LogP contribution in [-0.2, 0) is 19.6 Å². The zero-order valence-electron chi connectivity index (χ0n) is 11.5. The van der Waals surface area contributed by atoms with E-state index in [2.05, 4.69) is 15.7 Å². The first-order valence-corrected chi connectivity index (χ1v) is 7.43. The highest BCUT2D eigenvalue weighted by Gasteiger charge is 2.47. The number of pyridine rings is 1. The van der Waals surface area contributed by atoms with Gasteiger partial charge in [-0.3, -0.25) is 14.9 Å². The summed E-state index contributed by atoms with van der Waals surface area (Å²) >= 11 is 0. The Balaban J connectivity index is 2.45. The number of sulfonamides is 1. The molecule has 114 valence electrons. The Kier molecular flexibility index (Phi) is 3.70. The number of amides is 2. The first-order chi connectivity index (χ1) is 9.69. The van der Waals surface area contributed by atoms with Crippen LogP contribution < -0.4 is 16.6 Å². The lowest BCUT2D eigenvalue weighted by molar-refractivity contribution is -0.141. The van der Waals surface area contributed by atoms with Gasteiger partial charge in [0, 0.05) is 6.20 Å². The summed E-state index contributed by atoms with van der Waals surface area (Å²) in [5, 5.41) is 2.12.